The molecule has 0 spiro atoms. The minimum atomic E-state index is -0.775. The summed E-state index contributed by atoms with van der Waals surface area (Å²) in [7, 11) is 0. The lowest BCUT2D eigenvalue weighted by Gasteiger charge is -2.22. The Balaban J connectivity index is 2.59. The number of halogens is 2. The average Bonchev–Trinajstić information content (AvgIpc) is 2.32. The van der Waals surface area contributed by atoms with Crippen LogP contribution in [0.25, 0.3) is 0 Å². The molecule has 1 aromatic carbocycles. The largest absolute Gasteiger partial charge is 0.316 e. The number of rotatable bonds is 7. The van der Waals surface area contributed by atoms with Crippen LogP contribution in [0.5, 0.6) is 0 Å². The van der Waals surface area contributed by atoms with Gasteiger partial charge in [0.1, 0.15) is 0 Å². The lowest BCUT2D eigenvalue weighted by molar-refractivity contribution is 0.352. The molecule has 0 aliphatic rings. The van der Waals surface area contributed by atoms with Gasteiger partial charge in [-0.1, -0.05) is 33.8 Å². The van der Waals surface area contributed by atoms with Gasteiger partial charge in [-0.25, -0.2) is 8.78 Å². The van der Waals surface area contributed by atoms with Gasteiger partial charge < -0.3 is 5.32 Å². The molecular weight excluding hydrogens is 244 g/mol. The molecule has 1 atom stereocenters. The van der Waals surface area contributed by atoms with Gasteiger partial charge in [0, 0.05) is 0 Å². The number of benzene rings is 1. The van der Waals surface area contributed by atoms with E-state index in [-0.39, 0.29) is 0 Å². The number of hydrogen-bond acceptors (Lipinski definition) is 1. The second-order valence-corrected chi connectivity index (χ2v) is 6.01. The maximum Gasteiger partial charge on any atom is 0.159 e. The Morgan fingerprint density at radius 3 is 2.21 bits per heavy atom. The minimum absolute atomic E-state index is 0.434. The molecule has 0 heterocycles. The van der Waals surface area contributed by atoms with Crippen LogP contribution in [0, 0.1) is 29.4 Å². The highest BCUT2D eigenvalue weighted by atomic mass is 19.2. The van der Waals surface area contributed by atoms with E-state index >= 15 is 0 Å². The van der Waals surface area contributed by atoms with E-state index in [9.17, 15) is 8.78 Å². The fraction of sp³-hybridized carbons (Fsp3) is 0.625. The molecule has 0 amide bonds. The third-order valence-corrected chi connectivity index (χ3v) is 3.38. The third-order valence-electron chi connectivity index (χ3n) is 3.38. The maximum atomic E-state index is 13.2. The standard InChI is InChI=1S/C16H25F2N/c1-11(2)9-19-10-14(12(3)4)7-13-5-6-15(17)16(18)8-13/h5-6,8,11-12,14,19H,7,9-10H2,1-4H3. The Hall–Kier alpha value is -0.960. The fourth-order valence-corrected chi connectivity index (χ4v) is 2.07. The Morgan fingerprint density at radius 2 is 1.68 bits per heavy atom. The van der Waals surface area contributed by atoms with E-state index in [0.29, 0.717) is 17.8 Å². The predicted octanol–water partition coefficient (Wildman–Crippen LogP) is 4.03. The highest BCUT2D eigenvalue weighted by Crippen LogP contribution is 2.18. The van der Waals surface area contributed by atoms with Crippen LogP contribution in [-0.4, -0.2) is 13.1 Å². The predicted molar refractivity (Wildman–Crippen MR) is 76.1 cm³/mol. The molecule has 1 rings (SSSR count). The third kappa shape index (κ3) is 5.68. The molecule has 1 nitrogen and oxygen atoms in total. The summed E-state index contributed by atoms with van der Waals surface area (Å²) in [6.07, 6.45) is 0.778. The summed E-state index contributed by atoms with van der Waals surface area (Å²) in [4.78, 5) is 0. The van der Waals surface area contributed by atoms with Gasteiger partial charge in [-0.15, -0.1) is 0 Å². The molecule has 1 N–H and O–H groups in total. The van der Waals surface area contributed by atoms with Crippen molar-refractivity contribution in [3.8, 4) is 0 Å². The Labute approximate surface area is 115 Å². The van der Waals surface area contributed by atoms with Crippen molar-refractivity contribution in [2.75, 3.05) is 13.1 Å². The molecule has 0 aliphatic carbocycles. The first-order valence-electron chi connectivity index (χ1n) is 7.04. The van der Waals surface area contributed by atoms with Crippen LogP contribution in [0.3, 0.4) is 0 Å². The number of nitrogens with one attached hydrogen (secondary N) is 1. The quantitative estimate of drug-likeness (QED) is 0.788. The van der Waals surface area contributed by atoms with Gasteiger partial charge in [0.2, 0.25) is 0 Å². The van der Waals surface area contributed by atoms with Gasteiger partial charge in [-0.3, -0.25) is 0 Å². The smallest absolute Gasteiger partial charge is 0.159 e. The van der Waals surface area contributed by atoms with Crippen LogP contribution >= 0.6 is 0 Å². The van der Waals surface area contributed by atoms with Crippen molar-refractivity contribution in [3.05, 3.63) is 35.4 Å². The van der Waals surface area contributed by atoms with E-state index < -0.39 is 11.6 Å². The lowest BCUT2D eigenvalue weighted by atomic mass is 9.89. The Bertz CT molecular complexity index is 388. The van der Waals surface area contributed by atoms with Crippen LogP contribution < -0.4 is 5.32 Å². The summed E-state index contributed by atoms with van der Waals surface area (Å²) in [5.74, 6) is 0.0328. The van der Waals surface area contributed by atoms with E-state index in [2.05, 4.69) is 33.0 Å². The van der Waals surface area contributed by atoms with E-state index in [0.717, 1.165) is 25.1 Å². The van der Waals surface area contributed by atoms with Crippen molar-refractivity contribution in [1.82, 2.24) is 5.32 Å². The lowest BCUT2D eigenvalue weighted by Crippen LogP contribution is -2.30. The fourth-order valence-electron chi connectivity index (χ4n) is 2.07. The van der Waals surface area contributed by atoms with Gasteiger partial charge in [-0.2, -0.15) is 0 Å². The molecule has 0 fully saturated rings. The second kappa shape index (κ2) is 7.59. The molecule has 108 valence electrons. The molecule has 19 heavy (non-hydrogen) atoms. The first kappa shape index (κ1) is 16.1. The average molecular weight is 269 g/mol. The molecule has 3 heteroatoms. The van der Waals surface area contributed by atoms with Crippen molar-refractivity contribution in [3.63, 3.8) is 0 Å². The van der Waals surface area contributed by atoms with Crippen molar-refractivity contribution < 1.29 is 8.78 Å². The molecule has 0 radical (unpaired) electrons. The Kier molecular flexibility index (Phi) is 6.43. The van der Waals surface area contributed by atoms with E-state index in [1.807, 2.05) is 0 Å². The van der Waals surface area contributed by atoms with Gasteiger partial charge in [0.15, 0.2) is 11.6 Å². The van der Waals surface area contributed by atoms with Crippen LogP contribution in [0.1, 0.15) is 33.3 Å². The molecule has 1 aromatic rings. The van der Waals surface area contributed by atoms with Crippen molar-refractivity contribution in [2.24, 2.45) is 17.8 Å². The summed E-state index contributed by atoms with van der Waals surface area (Å²) < 4.78 is 26.1. The first-order valence-corrected chi connectivity index (χ1v) is 7.04. The zero-order valence-corrected chi connectivity index (χ0v) is 12.3. The van der Waals surface area contributed by atoms with Crippen LogP contribution in [0.4, 0.5) is 8.78 Å². The van der Waals surface area contributed by atoms with E-state index in [4.69, 9.17) is 0 Å². The Morgan fingerprint density at radius 1 is 1.00 bits per heavy atom. The van der Waals surface area contributed by atoms with E-state index in [1.165, 1.54) is 12.1 Å². The minimum Gasteiger partial charge on any atom is -0.316 e. The van der Waals surface area contributed by atoms with Crippen LogP contribution in [0.2, 0.25) is 0 Å². The summed E-state index contributed by atoms with van der Waals surface area (Å²) in [5, 5.41) is 3.44. The SMILES string of the molecule is CC(C)CNCC(Cc1ccc(F)c(F)c1)C(C)C. The molecule has 0 saturated carbocycles. The van der Waals surface area contributed by atoms with Gasteiger partial charge in [-0.05, 0) is 55.0 Å². The summed E-state index contributed by atoms with van der Waals surface area (Å²) >= 11 is 0. The van der Waals surface area contributed by atoms with Crippen LogP contribution in [0.15, 0.2) is 18.2 Å². The summed E-state index contributed by atoms with van der Waals surface area (Å²) in [5.41, 5.74) is 0.865. The maximum absolute atomic E-state index is 13.2. The summed E-state index contributed by atoms with van der Waals surface area (Å²) in [6, 6.07) is 4.20. The van der Waals surface area contributed by atoms with Gasteiger partial charge >= 0.3 is 0 Å². The first-order chi connectivity index (χ1) is 8.90. The highest BCUT2D eigenvalue weighted by molar-refractivity contribution is 5.18. The highest BCUT2D eigenvalue weighted by Gasteiger charge is 2.15. The monoisotopic (exact) mass is 269 g/mol. The molecule has 0 saturated heterocycles. The zero-order chi connectivity index (χ0) is 14.4. The molecule has 0 aromatic heterocycles. The van der Waals surface area contributed by atoms with Crippen molar-refractivity contribution >= 4 is 0 Å². The normalized spacial score (nSPS) is 13.3. The second-order valence-electron chi connectivity index (χ2n) is 6.01. The van der Waals surface area contributed by atoms with E-state index in [1.54, 1.807) is 6.07 Å². The van der Waals surface area contributed by atoms with Crippen LogP contribution in [-0.2, 0) is 6.42 Å². The molecule has 0 bridgehead atoms. The number of hydrogen-bond donors (Lipinski definition) is 1. The van der Waals surface area contributed by atoms with Crippen molar-refractivity contribution in [1.29, 1.82) is 0 Å². The molecule has 0 aliphatic heterocycles. The molecule has 1 unspecified atom stereocenters. The van der Waals surface area contributed by atoms with Gasteiger partial charge in [0.25, 0.3) is 0 Å². The van der Waals surface area contributed by atoms with Gasteiger partial charge in [0.05, 0.1) is 0 Å². The zero-order valence-electron chi connectivity index (χ0n) is 12.3. The summed E-state index contributed by atoms with van der Waals surface area (Å²) in [6.45, 7) is 10.6. The topological polar surface area (TPSA) is 12.0 Å². The van der Waals surface area contributed by atoms with Crippen molar-refractivity contribution in [2.45, 2.75) is 34.1 Å². The molecular formula is C16H25F2N.